The van der Waals surface area contributed by atoms with Gasteiger partial charge in [0.25, 0.3) is 0 Å². The Morgan fingerprint density at radius 2 is 1.61 bits per heavy atom. The summed E-state index contributed by atoms with van der Waals surface area (Å²) >= 11 is 0. The lowest BCUT2D eigenvalue weighted by Crippen LogP contribution is -2.44. The number of methoxy groups -OCH3 is 1. The Bertz CT molecular complexity index is 735. The highest BCUT2D eigenvalue weighted by molar-refractivity contribution is 5.83. The van der Waals surface area contributed by atoms with Crippen LogP contribution in [-0.2, 0) is 25.5 Å². The molecule has 0 radical (unpaired) electrons. The highest BCUT2D eigenvalue weighted by atomic mass is 16.5. The summed E-state index contributed by atoms with van der Waals surface area (Å²) < 4.78 is 10.1. The molecule has 1 aromatic rings. The number of hydrogen-bond donors (Lipinski definition) is 3. The predicted molar refractivity (Wildman–Crippen MR) is 125 cm³/mol. The maximum absolute atomic E-state index is 12.1. The molecule has 0 saturated carbocycles. The molecule has 0 aliphatic carbocycles. The number of hydrogen-bond acceptors (Lipinski definition) is 6. The number of aliphatic carboxylic acids is 1. The highest BCUT2D eigenvalue weighted by Gasteiger charge is 2.21. The standard InChI is InChI=1S/C25H39NO7/c1-3-4-5-6-7-8-9-10-11-12-23(28)26-20(25(30)31)18-33-24(29)16-14-19-13-15-21(27)22(17-19)32-2/h13,15,17,20,27H,3-12,14,16,18H2,1-2H3,(H,26,28)(H,30,31)/t20-/m0/s1. The van der Waals surface area contributed by atoms with Crippen molar-refractivity contribution in [3.8, 4) is 11.5 Å². The summed E-state index contributed by atoms with van der Waals surface area (Å²) in [6.07, 6.45) is 10.8. The number of unbranched alkanes of at least 4 members (excludes halogenated alkanes) is 8. The van der Waals surface area contributed by atoms with Crippen molar-refractivity contribution in [1.29, 1.82) is 0 Å². The van der Waals surface area contributed by atoms with Crippen molar-refractivity contribution in [2.45, 2.75) is 90.0 Å². The lowest BCUT2D eigenvalue weighted by atomic mass is 10.1. The Morgan fingerprint density at radius 3 is 2.21 bits per heavy atom. The molecular weight excluding hydrogens is 426 g/mol. The average Bonchev–Trinajstić information content (AvgIpc) is 2.79. The number of benzene rings is 1. The van der Waals surface area contributed by atoms with Crippen LogP contribution >= 0.6 is 0 Å². The molecule has 0 spiro atoms. The first-order valence-corrected chi connectivity index (χ1v) is 11.9. The zero-order valence-corrected chi connectivity index (χ0v) is 19.9. The molecule has 3 N–H and O–H groups in total. The number of aromatic hydroxyl groups is 1. The van der Waals surface area contributed by atoms with Crippen LogP contribution in [0.4, 0.5) is 0 Å². The van der Waals surface area contributed by atoms with Crippen LogP contribution in [0.15, 0.2) is 18.2 Å². The smallest absolute Gasteiger partial charge is 0.329 e. The fourth-order valence-corrected chi connectivity index (χ4v) is 3.41. The van der Waals surface area contributed by atoms with Crippen LogP contribution < -0.4 is 10.1 Å². The third-order valence-electron chi connectivity index (χ3n) is 5.41. The predicted octanol–water partition coefficient (Wildman–Crippen LogP) is 4.37. The summed E-state index contributed by atoms with van der Waals surface area (Å²) in [5.74, 6) is -1.85. The van der Waals surface area contributed by atoms with Gasteiger partial charge in [-0.25, -0.2) is 4.79 Å². The molecule has 186 valence electrons. The van der Waals surface area contributed by atoms with E-state index in [9.17, 15) is 24.6 Å². The van der Waals surface area contributed by atoms with Gasteiger partial charge in [0, 0.05) is 12.8 Å². The molecule has 1 aromatic carbocycles. The van der Waals surface area contributed by atoms with E-state index in [0.29, 0.717) is 18.6 Å². The molecule has 0 heterocycles. The molecule has 0 fully saturated rings. The van der Waals surface area contributed by atoms with Crippen molar-refractivity contribution >= 4 is 17.8 Å². The van der Waals surface area contributed by atoms with E-state index >= 15 is 0 Å². The van der Waals surface area contributed by atoms with E-state index in [2.05, 4.69) is 12.2 Å². The van der Waals surface area contributed by atoms with E-state index in [0.717, 1.165) is 24.8 Å². The van der Waals surface area contributed by atoms with Crippen molar-refractivity contribution < 1.29 is 34.1 Å². The van der Waals surface area contributed by atoms with Gasteiger partial charge in [-0.05, 0) is 30.5 Å². The summed E-state index contributed by atoms with van der Waals surface area (Å²) in [6, 6.07) is 3.49. The minimum Gasteiger partial charge on any atom is -0.504 e. The second-order valence-corrected chi connectivity index (χ2v) is 8.23. The second kappa shape index (κ2) is 16.8. The Labute approximate surface area is 196 Å². The van der Waals surface area contributed by atoms with Crippen molar-refractivity contribution in [2.75, 3.05) is 13.7 Å². The van der Waals surface area contributed by atoms with Gasteiger partial charge in [-0.3, -0.25) is 9.59 Å². The van der Waals surface area contributed by atoms with Gasteiger partial charge in [0.2, 0.25) is 5.91 Å². The summed E-state index contributed by atoms with van der Waals surface area (Å²) in [6.45, 7) is 1.78. The van der Waals surface area contributed by atoms with E-state index in [1.54, 1.807) is 12.1 Å². The molecule has 8 nitrogen and oxygen atoms in total. The number of ether oxygens (including phenoxy) is 2. The quantitative estimate of drug-likeness (QED) is 0.217. The van der Waals surface area contributed by atoms with Crippen LogP contribution in [0.25, 0.3) is 0 Å². The first kappa shape index (κ1) is 28.3. The maximum atomic E-state index is 12.1. The Balaban J connectivity index is 2.25. The number of aryl methyl sites for hydroxylation is 1. The summed E-state index contributed by atoms with van der Waals surface area (Å²) in [5, 5.41) is 21.3. The molecule has 0 aliphatic heterocycles. The monoisotopic (exact) mass is 465 g/mol. The minimum absolute atomic E-state index is 0.00581. The molecule has 0 saturated heterocycles. The van der Waals surface area contributed by atoms with Crippen LogP contribution in [0, 0.1) is 0 Å². The largest absolute Gasteiger partial charge is 0.504 e. The molecule has 0 bridgehead atoms. The lowest BCUT2D eigenvalue weighted by molar-refractivity contribution is -0.150. The third-order valence-corrected chi connectivity index (χ3v) is 5.41. The number of nitrogens with one attached hydrogen (secondary N) is 1. The summed E-state index contributed by atoms with van der Waals surface area (Å²) in [7, 11) is 1.43. The number of phenolic OH excluding ortho intramolecular Hbond substituents is 1. The normalized spacial score (nSPS) is 11.6. The van der Waals surface area contributed by atoms with Crippen molar-refractivity contribution in [3.05, 3.63) is 23.8 Å². The fourth-order valence-electron chi connectivity index (χ4n) is 3.41. The van der Waals surface area contributed by atoms with Crippen LogP contribution in [0.5, 0.6) is 11.5 Å². The summed E-state index contributed by atoms with van der Waals surface area (Å²) in [5.41, 5.74) is 0.769. The van der Waals surface area contributed by atoms with E-state index in [1.807, 2.05) is 0 Å². The fraction of sp³-hybridized carbons (Fsp3) is 0.640. The first-order valence-electron chi connectivity index (χ1n) is 11.9. The van der Waals surface area contributed by atoms with E-state index in [1.165, 1.54) is 45.3 Å². The van der Waals surface area contributed by atoms with Crippen LogP contribution in [0.3, 0.4) is 0 Å². The number of rotatable bonds is 18. The topological polar surface area (TPSA) is 122 Å². The number of carbonyl (C=O) groups is 3. The number of carbonyl (C=O) groups excluding carboxylic acids is 2. The molecule has 0 aliphatic rings. The molecule has 1 amide bonds. The van der Waals surface area contributed by atoms with Gasteiger partial charge >= 0.3 is 11.9 Å². The van der Waals surface area contributed by atoms with E-state index in [-0.39, 0.29) is 24.5 Å². The van der Waals surface area contributed by atoms with Crippen molar-refractivity contribution in [2.24, 2.45) is 0 Å². The van der Waals surface area contributed by atoms with E-state index in [4.69, 9.17) is 9.47 Å². The second-order valence-electron chi connectivity index (χ2n) is 8.23. The van der Waals surface area contributed by atoms with Crippen molar-refractivity contribution in [1.82, 2.24) is 5.32 Å². The molecular formula is C25H39NO7. The van der Waals surface area contributed by atoms with Gasteiger partial charge in [-0.2, -0.15) is 0 Å². The highest BCUT2D eigenvalue weighted by Crippen LogP contribution is 2.26. The number of carboxylic acid groups (broad SMARTS) is 1. The maximum Gasteiger partial charge on any atom is 0.329 e. The average molecular weight is 466 g/mol. The number of amides is 1. The van der Waals surface area contributed by atoms with Crippen LogP contribution in [-0.4, -0.2) is 47.8 Å². The van der Waals surface area contributed by atoms with Crippen LogP contribution in [0.1, 0.15) is 83.1 Å². The zero-order valence-electron chi connectivity index (χ0n) is 19.9. The molecule has 0 aromatic heterocycles. The van der Waals surface area contributed by atoms with E-state index < -0.39 is 24.6 Å². The number of esters is 1. The van der Waals surface area contributed by atoms with Crippen molar-refractivity contribution in [3.63, 3.8) is 0 Å². The minimum atomic E-state index is -1.27. The third kappa shape index (κ3) is 12.7. The molecule has 33 heavy (non-hydrogen) atoms. The van der Waals surface area contributed by atoms with Gasteiger partial charge in [0.15, 0.2) is 17.5 Å². The van der Waals surface area contributed by atoms with Gasteiger partial charge in [-0.1, -0.05) is 64.4 Å². The summed E-state index contributed by atoms with van der Waals surface area (Å²) in [4.78, 5) is 35.5. The number of carboxylic acids is 1. The van der Waals surface area contributed by atoms with Gasteiger partial charge in [0.05, 0.1) is 7.11 Å². The Hall–Kier alpha value is -2.77. The van der Waals surface area contributed by atoms with Gasteiger partial charge < -0.3 is 25.0 Å². The molecule has 8 heteroatoms. The van der Waals surface area contributed by atoms with Gasteiger partial charge in [-0.15, -0.1) is 0 Å². The lowest BCUT2D eigenvalue weighted by Gasteiger charge is -2.15. The molecule has 1 rings (SSSR count). The number of phenols is 1. The Kier molecular flexibility index (Phi) is 14.4. The zero-order chi connectivity index (χ0) is 24.5. The Morgan fingerprint density at radius 1 is 0.970 bits per heavy atom. The first-order chi connectivity index (χ1) is 15.9. The SMILES string of the molecule is CCCCCCCCCCCC(=O)N[C@@H](COC(=O)CCc1ccc(O)c(OC)c1)C(=O)O. The molecule has 1 atom stereocenters. The van der Waals surface area contributed by atoms with Gasteiger partial charge in [0.1, 0.15) is 6.61 Å². The van der Waals surface area contributed by atoms with Crippen LogP contribution in [0.2, 0.25) is 0 Å². The molecule has 0 unspecified atom stereocenters.